The first-order chi connectivity index (χ1) is 15.3. The Morgan fingerprint density at radius 3 is 1.66 bits per heavy atom. The third-order valence-corrected chi connectivity index (χ3v) is 5.07. The van der Waals surface area contributed by atoms with Gasteiger partial charge in [-0.15, -0.1) is 0 Å². The summed E-state index contributed by atoms with van der Waals surface area (Å²) in [4.78, 5) is 20.2. The van der Waals surface area contributed by atoms with Crippen LogP contribution in [-0.2, 0) is 9.59 Å². The Kier molecular flexibility index (Phi) is 25.0. The van der Waals surface area contributed by atoms with Crippen molar-refractivity contribution >= 4 is 12.3 Å². The molecule has 32 heavy (non-hydrogen) atoms. The highest BCUT2D eigenvalue weighted by Gasteiger charge is 2.29. The fourth-order valence-corrected chi connectivity index (χ4v) is 2.97. The van der Waals surface area contributed by atoms with Crippen LogP contribution in [0, 0.1) is 0 Å². The predicted octanol–water partition coefficient (Wildman–Crippen LogP) is 2.73. The van der Waals surface area contributed by atoms with Gasteiger partial charge in [-0.05, 0) is 32.1 Å². The lowest BCUT2D eigenvalue weighted by Gasteiger charge is -2.22. The molecule has 190 valence electrons. The van der Waals surface area contributed by atoms with Gasteiger partial charge in [0.05, 0.1) is 6.61 Å². The summed E-state index contributed by atoms with van der Waals surface area (Å²) in [5, 5.41) is 52.0. The van der Waals surface area contributed by atoms with E-state index in [2.05, 4.69) is 19.1 Å². The second kappa shape index (κ2) is 24.3. The van der Waals surface area contributed by atoms with E-state index in [9.17, 15) is 9.59 Å². The van der Waals surface area contributed by atoms with Gasteiger partial charge in [-0.3, -0.25) is 4.79 Å². The van der Waals surface area contributed by atoms with Crippen molar-refractivity contribution in [1.82, 2.24) is 0 Å². The Labute approximate surface area is 193 Å². The first-order valence-electron chi connectivity index (χ1n) is 12.0. The van der Waals surface area contributed by atoms with Gasteiger partial charge >= 0.3 is 5.97 Å². The molecule has 0 saturated carbocycles. The highest BCUT2D eigenvalue weighted by molar-refractivity contribution is 5.66. The molecule has 6 N–H and O–H groups in total. The van der Waals surface area contributed by atoms with Gasteiger partial charge in [-0.1, -0.05) is 70.4 Å². The second-order valence-electron chi connectivity index (χ2n) is 8.09. The number of carbonyl (C=O) groups excluding carboxylic acids is 1. The molecule has 0 amide bonds. The summed E-state index contributed by atoms with van der Waals surface area (Å²) >= 11 is 0. The van der Waals surface area contributed by atoms with Crippen LogP contribution in [0.15, 0.2) is 12.2 Å². The van der Waals surface area contributed by atoms with Gasteiger partial charge in [0.15, 0.2) is 6.29 Å². The predicted molar refractivity (Wildman–Crippen MR) is 124 cm³/mol. The summed E-state index contributed by atoms with van der Waals surface area (Å²) in [6.07, 6.45) is 14.4. The minimum absolute atomic E-state index is 0.0258. The van der Waals surface area contributed by atoms with Crippen LogP contribution in [0.1, 0.15) is 96.8 Å². The number of carbonyl (C=O) groups is 2. The van der Waals surface area contributed by atoms with Crippen molar-refractivity contribution in [3.8, 4) is 0 Å². The number of unbranched alkanes of at least 4 members (excludes halogenated alkanes) is 11. The number of allylic oxidation sites excluding steroid dienone is 2. The average molecular weight is 463 g/mol. The molecule has 0 saturated heterocycles. The molecular formula is C24H46O8. The topological polar surface area (TPSA) is 156 Å². The number of aliphatic hydroxyl groups is 5. The number of aldehydes is 1. The van der Waals surface area contributed by atoms with Crippen molar-refractivity contribution < 1.29 is 40.2 Å². The SMILES string of the molecule is CCCCCCCC/C=C\CCCCCCCC(=O)O.O=C[C@H](O)[C@@H](O)[C@H](O)[C@H](O)CO. The standard InChI is InChI=1S/C18H34O2.C6H12O6/c1-2-3-4-5-6-7-8-9-10-11-12-13-14-15-16-17-18(19)20;7-1-3(9)5(11)6(12)4(10)2-8/h9-10H,2-8,11-17H2,1H3,(H,19,20);1,3-6,8-12H,2H2/b10-9-;/t;3-,4+,5+,6+/m.0/s1. The molecule has 0 aromatic heterocycles. The van der Waals surface area contributed by atoms with E-state index in [1.165, 1.54) is 70.6 Å². The molecule has 0 radical (unpaired) electrons. The Bertz CT molecular complexity index is 455. The Morgan fingerprint density at radius 2 is 1.22 bits per heavy atom. The summed E-state index contributed by atoms with van der Waals surface area (Å²) in [7, 11) is 0. The van der Waals surface area contributed by atoms with E-state index in [0.717, 1.165) is 12.8 Å². The lowest BCUT2D eigenvalue weighted by atomic mass is 10.0. The number of aliphatic carboxylic acids is 1. The van der Waals surface area contributed by atoms with E-state index in [-0.39, 0.29) is 6.29 Å². The van der Waals surface area contributed by atoms with E-state index in [1.807, 2.05) is 0 Å². The van der Waals surface area contributed by atoms with Gasteiger partial charge in [-0.25, -0.2) is 0 Å². The molecule has 0 bridgehead atoms. The van der Waals surface area contributed by atoms with Crippen LogP contribution < -0.4 is 0 Å². The monoisotopic (exact) mass is 462 g/mol. The summed E-state index contributed by atoms with van der Waals surface area (Å²) in [5.41, 5.74) is 0. The van der Waals surface area contributed by atoms with Crippen molar-refractivity contribution in [1.29, 1.82) is 0 Å². The first kappa shape index (κ1) is 32.9. The van der Waals surface area contributed by atoms with E-state index in [1.54, 1.807) is 0 Å². The number of aliphatic hydroxyl groups excluding tert-OH is 5. The number of hydrogen-bond donors (Lipinski definition) is 6. The molecule has 0 rings (SSSR count). The molecule has 0 spiro atoms. The quantitative estimate of drug-likeness (QED) is 0.0916. The lowest BCUT2D eigenvalue weighted by molar-refractivity contribution is -0.137. The van der Waals surface area contributed by atoms with Gasteiger partial charge in [-0.2, -0.15) is 0 Å². The van der Waals surface area contributed by atoms with Crippen molar-refractivity contribution in [2.75, 3.05) is 6.61 Å². The van der Waals surface area contributed by atoms with Crippen LogP contribution in [0.4, 0.5) is 0 Å². The molecule has 0 aliphatic rings. The second-order valence-corrected chi connectivity index (χ2v) is 8.09. The van der Waals surface area contributed by atoms with Crippen LogP contribution in [0.3, 0.4) is 0 Å². The average Bonchev–Trinajstić information content (AvgIpc) is 2.79. The van der Waals surface area contributed by atoms with Crippen molar-refractivity contribution in [2.45, 2.75) is 121 Å². The van der Waals surface area contributed by atoms with Crippen LogP contribution in [0.5, 0.6) is 0 Å². The Morgan fingerprint density at radius 1 is 0.750 bits per heavy atom. The number of hydrogen-bond acceptors (Lipinski definition) is 7. The molecule has 0 aromatic carbocycles. The van der Waals surface area contributed by atoms with Gasteiger partial charge < -0.3 is 35.4 Å². The first-order valence-corrected chi connectivity index (χ1v) is 12.0. The van der Waals surface area contributed by atoms with E-state index in [4.69, 9.17) is 30.6 Å². The molecule has 8 heteroatoms. The molecule has 0 heterocycles. The van der Waals surface area contributed by atoms with Gasteiger partial charge in [0.25, 0.3) is 0 Å². The zero-order valence-corrected chi connectivity index (χ0v) is 19.6. The van der Waals surface area contributed by atoms with Gasteiger partial charge in [0, 0.05) is 6.42 Å². The third kappa shape index (κ3) is 21.9. The molecule has 0 fully saturated rings. The number of carboxylic acid groups (broad SMARTS) is 1. The molecule has 0 unspecified atom stereocenters. The highest BCUT2D eigenvalue weighted by atomic mass is 16.4. The van der Waals surface area contributed by atoms with E-state index in [0.29, 0.717) is 6.42 Å². The summed E-state index contributed by atoms with van der Waals surface area (Å²) in [6, 6.07) is 0. The maximum atomic E-state index is 10.3. The molecule has 0 aromatic rings. The lowest BCUT2D eigenvalue weighted by Crippen LogP contribution is -2.46. The Hall–Kier alpha value is -1.32. The molecular weight excluding hydrogens is 416 g/mol. The third-order valence-electron chi connectivity index (χ3n) is 5.07. The van der Waals surface area contributed by atoms with Crippen LogP contribution in [-0.4, -0.2) is 73.9 Å². The van der Waals surface area contributed by atoms with Gasteiger partial charge in [0.2, 0.25) is 0 Å². The van der Waals surface area contributed by atoms with Crippen molar-refractivity contribution in [3.05, 3.63) is 12.2 Å². The zero-order chi connectivity index (χ0) is 24.6. The van der Waals surface area contributed by atoms with Crippen LogP contribution in [0.2, 0.25) is 0 Å². The normalized spacial score (nSPS) is 14.9. The smallest absolute Gasteiger partial charge is 0.303 e. The summed E-state index contributed by atoms with van der Waals surface area (Å²) in [5.74, 6) is -0.664. The van der Waals surface area contributed by atoms with Crippen molar-refractivity contribution in [2.24, 2.45) is 0 Å². The number of carboxylic acids is 1. The minimum Gasteiger partial charge on any atom is -0.481 e. The Balaban J connectivity index is 0. The molecule has 0 aliphatic carbocycles. The van der Waals surface area contributed by atoms with Gasteiger partial charge in [0.1, 0.15) is 24.4 Å². The van der Waals surface area contributed by atoms with Crippen LogP contribution in [0.25, 0.3) is 0 Å². The maximum absolute atomic E-state index is 10.3. The molecule has 8 nitrogen and oxygen atoms in total. The van der Waals surface area contributed by atoms with Crippen LogP contribution >= 0.6 is 0 Å². The fraction of sp³-hybridized carbons (Fsp3) is 0.833. The van der Waals surface area contributed by atoms with E-state index < -0.39 is 37.0 Å². The fourth-order valence-electron chi connectivity index (χ4n) is 2.97. The summed E-state index contributed by atoms with van der Waals surface area (Å²) < 4.78 is 0. The maximum Gasteiger partial charge on any atom is 0.303 e. The van der Waals surface area contributed by atoms with E-state index >= 15 is 0 Å². The minimum atomic E-state index is -1.79. The molecule has 4 atom stereocenters. The summed E-state index contributed by atoms with van der Waals surface area (Å²) in [6.45, 7) is 1.50. The van der Waals surface area contributed by atoms with Crippen molar-refractivity contribution in [3.63, 3.8) is 0 Å². The molecule has 0 aliphatic heterocycles. The number of rotatable bonds is 20. The largest absolute Gasteiger partial charge is 0.481 e. The zero-order valence-electron chi connectivity index (χ0n) is 19.6. The highest BCUT2D eigenvalue weighted by Crippen LogP contribution is 2.10.